The molecule has 0 radical (unpaired) electrons. The molecule has 7 nitrogen and oxygen atoms in total. The fourth-order valence-electron chi connectivity index (χ4n) is 2.52. The first-order valence-electron chi connectivity index (χ1n) is 8.26. The van der Waals surface area contributed by atoms with Gasteiger partial charge in [0.05, 0.1) is 0 Å². The minimum Gasteiger partial charge on any atom is -0.486 e. The lowest BCUT2D eigenvalue weighted by Gasteiger charge is -2.18. The molecule has 0 atom stereocenters. The van der Waals surface area contributed by atoms with Crippen LogP contribution in [0.3, 0.4) is 0 Å². The topological polar surface area (TPSA) is 87.9 Å². The summed E-state index contributed by atoms with van der Waals surface area (Å²) in [6, 6.07) is 12.2. The van der Waals surface area contributed by atoms with Gasteiger partial charge in [-0.2, -0.15) is 0 Å². The molecule has 0 saturated carbocycles. The fraction of sp³-hybridized carbons (Fsp3) is 0.211. The highest BCUT2D eigenvalue weighted by Crippen LogP contribution is 2.31. The Morgan fingerprint density at radius 2 is 1.89 bits per heavy atom. The first kappa shape index (κ1) is 17.4. The molecule has 27 heavy (non-hydrogen) atoms. The number of Topliss-reactive ketones (excluding diaryl/α,β-unsaturated/α-hetero) is 1. The summed E-state index contributed by atoms with van der Waals surface area (Å²) in [4.78, 5) is 28.4. The third-order valence-electron chi connectivity index (χ3n) is 3.82. The zero-order chi connectivity index (χ0) is 18.6. The van der Waals surface area contributed by atoms with Gasteiger partial charge in [-0.25, -0.2) is 4.98 Å². The summed E-state index contributed by atoms with van der Waals surface area (Å²) >= 11 is 1.12. The van der Waals surface area contributed by atoms with E-state index in [1.807, 2.05) is 18.2 Å². The fourth-order valence-corrected chi connectivity index (χ4v) is 3.16. The van der Waals surface area contributed by atoms with Gasteiger partial charge in [0.25, 0.3) is 5.22 Å². The minimum atomic E-state index is -0.520. The number of ketones is 1. The number of oxazole rings is 1. The zero-order valence-electron chi connectivity index (χ0n) is 14.2. The van der Waals surface area contributed by atoms with Gasteiger partial charge >= 0.3 is 5.97 Å². The van der Waals surface area contributed by atoms with Crippen LogP contribution in [0.2, 0.25) is 0 Å². The summed E-state index contributed by atoms with van der Waals surface area (Å²) in [7, 11) is 0. The van der Waals surface area contributed by atoms with Crippen LogP contribution in [0, 0.1) is 0 Å². The summed E-state index contributed by atoms with van der Waals surface area (Å²) in [5.74, 6) is 0.288. The van der Waals surface area contributed by atoms with Crippen molar-refractivity contribution in [1.29, 1.82) is 0 Å². The molecule has 0 bridgehead atoms. The zero-order valence-corrected chi connectivity index (χ0v) is 15.0. The molecular weight excluding hydrogens is 370 g/mol. The maximum absolute atomic E-state index is 12.2. The van der Waals surface area contributed by atoms with Crippen LogP contribution in [0.1, 0.15) is 10.4 Å². The van der Waals surface area contributed by atoms with Crippen molar-refractivity contribution in [2.45, 2.75) is 5.22 Å². The number of hydrogen-bond acceptors (Lipinski definition) is 8. The highest BCUT2D eigenvalue weighted by molar-refractivity contribution is 7.99. The van der Waals surface area contributed by atoms with Crippen LogP contribution < -0.4 is 9.47 Å². The molecule has 0 unspecified atom stereocenters. The number of aromatic nitrogens is 1. The Hall–Kier alpha value is -3.00. The summed E-state index contributed by atoms with van der Waals surface area (Å²) in [6.07, 6.45) is 0. The lowest BCUT2D eigenvalue weighted by Crippen LogP contribution is -2.18. The van der Waals surface area contributed by atoms with E-state index in [1.165, 1.54) is 0 Å². The van der Waals surface area contributed by atoms with E-state index in [1.54, 1.807) is 24.3 Å². The predicted octanol–water partition coefficient (Wildman–Crippen LogP) is 3.12. The highest BCUT2D eigenvalue weighted by Gasteiger charge is 2.17. The molecule has 1 aliphatic heterocycles. The molecule has 0 fully saturated rings. The van der Waals surface area contributed by atoms with Crippen LogP contribution in [0.25, 0.3) is 11.1 Å². The van der Waals surface area contributed by atoms with E-state index < -0.39 is 5.97 Å². The molecule has 1 aromatic heterocycles. The van der Waals surface area contributed by atoms with Crippen molar-refractivity contribution < 1.29 is 28.2 Å². The van der Waals surface area contributed by atoms with Crippen LogP contribution in [-0.2, 0) is 9.53 Å². The molecular formula is C19H15NO6S. The Bertz CT molecular complexity index is 966. The molecule has 3 aromatic rings. The Morgan fingerprint density at radius 3 is 2.74 bits per heavy atom. The molecule has 0 aliphatic carbocycles. The lowest BCUT2D eigenvalue weighted by molar-refractivity contribution is -0.139. The van der Waals surface area contributed by atoms with Crippen molar-refractivity contribution in [2.75, 3.05) is 25.6 Å². The molecule has 8 heteroatoms. The number of rotatable bonds is 6. The smallest absolute Gasteiger partial charge is 0.316 e. The standard InChI is InChI=1S/C19H15NO6S/c21-14(12-5-6-16-17(9-12)24-8-7-23-16)10-25-18(22)11-27-19-20-13-3-1-2-4-15(13)26-19/h1-6,9H,7-8,10-11H2. The quantitative estimate of drug-likeness (QED) is 0.363. The van der Waals surface area contributed by atoms with Crippen LogP contribution in [0.5, 0.6) is 11.5 Å². The Labute approximate surface area is 158 Å². The maximum Gasteiger partial charge on any atom is 0.316 e. The van der Waals surface area contributed by atoms with E-state index in [2.05, 4.69) is 4.98 Å². The van der Waals surface area contributed by atoms with Gasteiger partial charge in [0.15, 0.2) is 29.5 Å². The SMILES string of the molecule is O=C(CSc1nc2ccccc2o1)OCC(=O)c1ccc2c(c1)OCCO2. The summed E-state index contributed by atoms with van der Waals surface area (Å²) in [5.41, 5.74) is 1.78. The second kappa shape index (κ2) is 7.71. The highest BCUT2D eigenvalue weighted by atomic mass is 32.2. The average Bonchev–Trinajstić information content (AvgIpc) is 3.13. The third kappa shape index (κ3) is 4.06. The number of carbonyl (C=O) groups is 2. The molecule has 0 N–H and O–H groups in total. The van der Waals surface area contributed by atoms with Crippen LogP contribution >= 0.6 is 11.8 Å². The molecule has 0 amide bonds. The van der Waals surface area contributed by atoms with Crippen LogP contribution in [0.4, 0.5) is 0 Å². The summed E-state index contributed by atoms with van der Waals surface area (Å²) in [6.45, 7) is 0.578. The molecule has 0 spiro atoms. The first-order valence-corrected chi connectivity index (χ1v) is 9.24. The third-order valence-corrected chi connectivity index (χ3v) is 4.62. The van der Waals surface area contributed by atoms with Gasteiger partial charge in [-0.15, -0.1) is 0 Å². The van der Waals surface area contributed by atoms with Gasteiger partial charge in [0.2, 0.25) is 0 Å². The number of hydrogen-bond donors (Lipinski definition) is 0. The monoisotopic (exact) mass is 385 g/mol. The van der Waals surface area contributed by atoms with E-state index in [0.29, 0.717) is 41.1 Å². The lowest BCUT2D eigenvalue weighted by atomic mass is 10.1. The molecule has 138 valence electrons. The number of carbonyl (C=O) groups excluding carboxylic acids is 2. The molecule has 4 rings (SSSR count). The second-order valence-corrected chi connectivity index (χ2v) is 6.61. The van der Waals surface area contributed by atoms with Crippen molar-refractivity contribution in [3.8, 4) is 11.5 Å². The number of thioether (sulfide) groups is 1. The predicted molar refractivity (Wildman–Crippen MR) is 97.5 cm³/mol. The van der Waals surface area contributed by atoms with Crippen molar-refractivity contribution in [3.63, 3.8) is 0 Å². The van der Waals surface area contributed by atoms with Gasteiger partial charge in [-0.05, 0) is 30.3 Å². The Kier molecular flexibility index (Phi) is 4.97. The second-order valence-electron chi connectivity index (χ2n) is 5.68. The van der Waals surface area contributed by atoms with Crippen molar-refractivity contribution in [2.24, 2.45) is 0 Å². The Morgan fingerprint density at radius 1 is 1.07 bits per heavy atom. The van der Waals surface area contributed by atoms with E-state index >= 15 is 0 Å². The minimum absolute atomic E-state index is 0.00123. The van der Waals surface area contributed by atoms with Crippen LogP contribution in [-0.4, -0.2) is 42.3 Å². The van der Waals surface area contributed by atoms with Gasteiger partial charge < -0.3 is 18.6 Å². The number of nitrogens with zero attached hydrogens (tertiary/aromatic N) is 1. The molecule has 0 saturated heterocycles. The first-order chi connectivity index (χ1) is 13.2. The van der Waals surface area contributed by atoms with E-state index in [9.17, 15) is 9.59 Å². The van der Waals surface area contributed by atoms with Crippen molar-refractivity contribution in [1.82, 2.24) is 4.98 Å². The van der Waals surface area contributed by atoms with Gasteiger partial charge in [0, 0.05) is 5.56 Å². The van der Waals surface area contributed by atoms with Crippen molar-refractivity contribution >= 4 is 34.6 Å². The normalized spacial score (nSPS) is 12.7. The van der Waals surface area contributed by atoms with E-state index in [-0.39, 0.29) is 18.1 Å². The van der Waals surface area contributed by atoms with Crippen molar-refractivity contribution in [3.05, 3.63) is 48.0 Å². The maximum atomic E-state index is 12.2. The summed E-state index contributed by atoms with van der Waals surface area (Å²) < 4.78 is 21.4. The largest absolute Gasteiger partial charge is 0.486 e. The molecule has 2 aromatic carbocycles. The average molecular weight is 385 g/mol. The van der Waals surface area contributed by atoms with E-state index in [0.717, 1.165) is 17.3 Å². The van der Waals surface area contributed by atoms with Gasteiger partial charge in [0.1, 0.15) is 24.5 Å². The number of esters is 1. The summed E-state index contributed by atoms with van der Waals surface area (Å²) in [5, 5.41) is 0.381. The number of benzene rings is 2. The van der Waals surface area contributed by atoms with Gasteiger partial charge in [-0.3, -0.25) is 9.59 Å². The van der Waals surface area contributed by atoms with Gasteiger partial charge in [-0.1, -0.05) is 23.9 Å². The molecule has 1 aliphatic rings. The number of fused-ring (bicyclic) bond motifs is 2. The van der Waals surface area contributed by atoms with E-state index in [4.69, 9.17) is 18.6 Å². The van der Waals surface area contributed by atoms with Crippen LogP contribution in [0.15, 0.2) is 52.1 Å². The Balaban J connectivity index is 1.29. The number of ether oxygens (including phenoxy) is 3. The number of para-hydroxylation sites is 2. The molecule has 2 heterocycles.